The van der Waals surface area contributed by atoms with E-state index in [0.29, 0.717) is 38.9 Å². The van der Waals surface area contributed by atoms with Crippen LogP contribution in [0.3, 0.4) is 0 Å². The summed E-state index contributed by atoms with van der Waals surface area (Å²) in [4.78, 5) is 105. The average Bonchev–Trinajstić information content (AvgIpc) is 3.72. The summed E-state index contributed by atoms with van der Waals surface area (Å²) in [7, 11) is 2.76. The zero-order valence-electron chi connectivity index (χ0n) is 36.7. The van der Waals surface area contributed by atoms with E-state index in [9.17, 15) is 51.1 Å². The fraction of sp³-hybridized carbons (Fsp3) is 0.628. The van der Waals surface area contributed by atoms with E-state index in [0.717, 1.165) is 4.90 Å². The van der Waals surface area contributed by atoms with E-state index < -0.39 is 121 Å². The van der Waals surface area contributed by atoms with Gasteiger partial charge in [0.05, 0.1) is 6.54 Å². The topological polar surface area (TPSA) is 190 Å². The maximum Gasteiger partial charge on any atom is 0.403 e. The number of likely N-dealkylation sites (tertiary alicyclic amines) is 1. The Kier molecular flexibility index (Phi) is 16.4. The smallest absolute Gasteiger partial charge is 0.354 e. The second-order valence-corrected chi connectivity index (χ2v) is 18.7. The number of carbonyl (C=O) groups is 7. The molecule has 15 nitrogen and oxygen atoms in total. The van der Waals surface area contributed by atoms with Crippen molar-refractivity contribution < 1.29 is 51.1 Å². The average molecular weight is 941 g/mol. The number of thiazole rings is 1. The molecule has 0 spiro atoms. The van der Waals surface area contributed by atoms with Crippen LogP contribution in [-0.4, -0.2) is 137 Å². The van der Waals surface area contributed by atoms with E-state index in [4.69, 9.17) is 11.6 Å². The molecule has 2 aromatic rings. The minimum atomic E-state index is -4.88. The van der Waals surface area contributed by atoms with E-state index in [1.807, 2.05) is 13.8 Å². The number of rotatable bonds is 11. The lowest BCUT2D eigenvalue weighted by Gasteiger charge is -2.35. The summed E-state index contributed by atoms with van der Waals surface area (Å²) in [6.45, 7) is 6.20. The van der Waals surface area contributed by atoms with Gasteiger partial charge in [0.25, 0.3) is 0 Å². The quantitative estimate of drug-likeness (QED) is 0.242. The molecular formula is C43H57ClF4N8O7S. The molecule has 3 fully saturated rings. The van der Waals surface area contributed by atoms with Gasteiger partial charge in [-0.2, -0.15) is 13.2 Å². The van der Waals surface area contributed by atoms with Gasteiger partial charge >= 0.3 is 6.18 Å². The van der Waals surface area contributed by atoms with Crippen molar-refractivity contribution in [2.24, 2.45) is 11.3 Å². The maximum atomic E-state index is 14.7. The molecule has 4 N–H and O–H groups in total. The third kappa shape index (κ3) is 11.5. The van der Waals surface area contributed by atoms with Crippen molar-refractivity contribution in [3.05, 3.63) is 40.4 Å². The van der Waals surface area contributed by atoms with Crippen LogP contribution in [0, 0.1) is 11.3 Å². The number of carbonyl (C=O) groups excluding carboxylic acids is 7. The first-order valence-corrected chi connectivity index (χ1v) is 22.8. The minimum absolute atomic E-state index is 0.0424. The van der Waals surface area contributed by atoms with Gasteiger partial charge < -0.3 is 36.0 Å². The summed E-state index contributed by atoms with van der Waals surface area (Å²) >= 11 is 7.80. The van der Waals surface area contributed by atoms with Gasteiger partial charge in [0.2, 0.25) is 41.4 Å². The van der Waals surface area contributed by atoms with Gasteiger partial charge in [0.1, 0.15) is 52.8 Å². The molecule has 0 bridgehead atoms. The molecule has 352 valence electrons. The summed E-state index contributed by atoms with van der Waals surface area (Å²) in [5, 5.41) is 13.7. The van der Waals surface area contributed by atoms with Crippen LogP contribution >= 0.6 is 22.9 Å². The van der Waals surface area contributed by atoms with Gasteiger partial charge in [-0.15, -0.1) is 11.3 Å². The largest absolute Gasteiger partial charge is 0.403 e. The van der Waals surface area contributed by atoms with Crippen molar-refractivity contribution in [3.8, 4) is 10.6 Å². The third-order valence-electron chi connectivity index (χ3n) is 12.2. The summed E-state index contributed by atoms with van der Waals surface area (Å²) in [6.07, 6.45) is -5.79. The lowest BCUT2D eigenvalue weighted by atomic mass is 9.96. The molecule has 2 aliphatic heterocycles. The minimum Gasteiger partial charge on any atom is -0.354 e. The second-order valence-electron chi connectivity index (χ2n) is 17.3. The Morgan fingerprint density at radius 3 is 2.39 bits per heavy atom. The Bertz CT molecular complexity index is 2060. The van der Waals surface area contributed by atoms with Gasteiger partial charge in [-0.25, -0.2) is 9.37 Å². The summed E-state index contributed by atoms with van der Waals surface area (Å²) < 4.78 is 56.3. The van der Waals surface area contributed by atoms with Crippen molar-refractivity contribution in [1.82, 2.24) is 41.0 Å². The maximum absolute atomic E-state index is 14.7. The first-order chi connectivity index (χ1) is 30.1. The first kappa shape index (κ1) is 50.2. The fourth-order valence-corrected chi connectivity index (χ4v) is 9.15. The third-order valence-corrected chi connectivity index (χ3v) is 13.2. The van der Waals surface area contributed by atoms with Gasteiger partial charge in [-0.3, -0.25) is 33.6 Å². The SMILES string of the molecule is CC[C@H](NC(=O)[C@@H]1C[C@@H](F)CN1C(=O)C1(C(F)(F)F)CC1)C(=O)N(C)[C@H]1CCCCNC(=O)[C@@H](C)NC(=O)[C@H](Cc2cc(Cl)ccc2-c2nccs2)N(C)C(=O)[C@H](CC(C)C)NC1=O. The van der Waals surface area contributed by atoms with Gasteiger partial charge in [-0.1, -0.05) is 38.4 Å². The Morgan fingerprint density at radius 1 is 1.08 bits per heavy atom. The number of hydrogen-bond donors (Lipinski definition) is 4. The van der Waals surface area contributed by atoms with Crippen molar-refractivity contribution in [3.63, 3.8) is 0 Å². The Morgan fingerprint density at radius 2 is 1.78 bits per heavy atom. The molecule has 0 radical (unpaired) electrons. The lowest BCUT2D eigenvalue weighted by molar-refractivity contribution is -0.199. The summed E-state index contributed by atoms with van der Waals surface area (Å²) in [5.74, 6) is -5.77. The Hall–Kier alpha value is -4.85. The number of nitrogens with one attached hydrogen (secondary N) is 4. The van der Waals surface area contributed by atoms with Crippen LogP contribution in [0.5, 0.6) is 0 Å². The molecule has 0 unspecified atom stereocenters. The van der Waals surface area contributed by atoms with Crippen molar-refractivity contribution >= 4 is 64.3 Å². The van der Waals surface area contributed by atoms with E-state index >= 15 is 0 Å². The first-order valence-electron chi connectivity index (χ1n) is 21.5. The zero-order chi connectivity index (χ0) is 47.3. The zero-order valence-corrected chi connectivity index (χ0v) is 38.3. The molecule has 3 heterocycles. The molecule has 21 heteroatoms. The van der Waals surface area contributed by atoms with Crippen LogP contribution in [0.4, 0.5) is 17.6 Å². The molecular weight excluding hydrogens is 884 g/mol. The molecule has 64 heavy (non-hydrogen) atoms. The van der Waals surface area contributed by atoms with Crippen LogP contribution in [-0.2, 0) is 40.0 Å². The van der Waals surface area contributed by atoms with Crippen molar-refractivity contribution in [1.29, 1.82) is 0 Å². The summed E-state index contributed by atoms with van der Waals surface area (Å²) in [5.41, 5.74) is -1.39. The lowest BCUT2D eigenvalue weighted by Crippen LogP contribution is -2.60. The van der Waals surface area contributed by atoms with Crippen LogP contribution in [0.15, 0.2) is 29.8 Å². The molecule has 5 rings (SSSR count). The van der Waals surface area contributed by atoms with E-state index in [1.54, 1.807) is 36.7 Å². The highest BCUT2D eigenvalue weighted by Crippen LogP contribution is 2.59. The molecule has 2 saturated heterocycles. The second kappa shape index (κ2) is 21.0. The van der Waals surface area contributed by atoms with E-state index in [2.05, 4.69) is 26.3 Å². The number of amides is 7. The molecule has 1 aliphatic carbocycles. The normalized spacial score (nSPS) is 25.3. The number of likely N-dealkylation sites (N-methyl/N-ethyl adjacent to an activating group) is 2. The van der Waals surface area contributed by atoms with Gasteiger partial charge in [-0.05, 0) is 75.5 Å². The number of nitrogens with zero attached hydrogens (tertiary/aromatic N) is 4. The van der Waals surface area contributed by atoms with Crippen molar-refractivity contribution in [2.45, 2.75) is 134 Å². The van der Waals surface area contributed by atoms with E-state index in [1.165, 1.54) is 37.3 Å². The molecule has 7 amide bonds. The fourth-order valence-electron chi connectivity index (χ4n) is 8.26. The monoisotopic (exact) mass is 940 g/mol. The molecule has 3 aliphatic rings. The standard InChI is InChI=1S/C43H57ClF4N8O7S/c1-7-29(52-37(60)33-21-27(45)22-56(33)41(63)42(13-14-42)43(46,47)48)39(61)54(5)31-10-8-9-15-49-34(57)24(4)51-36(59)32(55(6)40(62)30(18-23(2)3)53-35(31)58)20-25-19-26(44)11-12-28(25)38-50-16-17-64-38/h11-12,16-17,19,23-24,27,29-33H,7-10,13-15,18,20-22H2,1-6H3,(H,49,57)(H,51,59)(H,52,60)(H,53,58)/t24-,27-,29+,30+,31+,32+,33+/m1/s1. The number of benzene rings is 1. The van der Waals surface area contributed by atoms with Gasteiger partial charge in [0, 0.05) is 55.6 Å². The van der Waals surface area contributed by atoms with Crippen LogP contribution in [0.2, 0.25) is 5.02 Å². The molecule has 1 aromatic carbocycles. The van der Waals surface area contributed by atoms with Crippen LogP contribution in [0.25, 0.3) is 10.6 Å². The number of alkyl halides is 4. The number of halogens is 5. The Balaban J connectivity index is 1.41. The molecule has 1 aromatic heterocycles. The highest BCUT2D eigenvalue weighted by atomic mass is 35.5. The highest BCUT2D eigenvalue weighted by molar-refractivity contribution is 7.13. The number of hydrogen-bond acceptors (Lipinski definition) is 9. The molecule has 1 saturated carbocycles. The Labute approximate surface area is 378 Å². The highest BCUT2D eigenvalue weighted by Gasteiger charge is 2.70. The van der Waals surface area contributed by atoms with Crippen LogP contribution < -0.4 is 21.3 Å². The van der Waals surface area contributed by atoms with Crippen LogP contribution in [0.1, 0.15) is 84.6 Å². The van der Waals surface area contributed by atoms with Gasteiger partial charge in [0.15, 0.2) is 0 Å². The van der Waals surface area contributed by atoms with Crippen molar-refractivity contribution in [2.75, 3.05) is 27.2 Å². The predicted molar refractivity (Wildman–Crippen MR) is 230 cm³/mol. The predicted octanol–water partition coefficient (Wildman–Crippen LogP) is 4.17. The van der Waals surface area contributed by atoms with E-state index in [-0.39, 0.29) is 38.1 Å². The summed E-state index contributed by atoms with van der Waals surface area (Å²) in [6, 6.07) is -2.45. The number of aromatic nitrogens is 1. The molecule has 7 atom stereocenters.